The molecule has 0 aliphatic rings. The molecule has 0 radical (unpaired) electrons. The minimum Gasteiger partial charge on any atom is -0.103 e. The Kier molecular flexibility index (Phi) is 20.3. The van der Waals surface area contributed by atoms with E-state index in [4.69, 9.17) is 0 Å². The van der Waals surface area contributed by atoms with Gasteiger partial charge in [0, 0.05) is 0 Å². The first-order chi connectivity index (χ1) is 12.4. The minimum absolute atomic E-state index is 1.10. The smallest absolute Gasteiger partial charge is 0.0286 e. The maximum absolute atomic E-state index is 3.72. The molecule has 148 valence electrons. The zero-order valence-electron chi connectivity index (χ0n) is 18.5. The normalized spacial score (nSPS) is 13.2. The van der Waals surface area contributed by atoms with Crippen LogP contribution in [0.4, 0.5) is 0 Å². The van der Waals surface area contributed by atoms with E-state index in [2.05, 4.69) is 79.0 Å². The van der Waals surface area contributed by atoms with E-state index in [9.17, 15) is 0 Å². The van der Waals surface area contributed by atoms with Crippen molar-refractivity contribution in [2.75, 3.05) is 0 Å². The summed E-state index contributed by atoms with van der Waals surface area (Å²) in [5, 5.41) is 0. The first-order valence-electron chi connectivity index (χ1n) is 10.2. The van der Waals surface area contributed by atoms with E-state index >= 15 is 0 Å². The number of hydrogen-bond donors (Lipinski definition) is 0. The molecular formula is C26H44. The van der Waals surface area contributed by atoms with Crippen molar-refractivity contribution in [1.29, 1.82) is 0 Å². The van der Waals surface area contributed by atoms with Crippen molar-refractivity contribution in [3.63, 3.8) is 0 Å². The second-order valence-electron chi connectivity index (χ2n) is 7.10. The van der Waals surface area contributed by atoms with Crippen molar-refractivity contribution in [1.82, 2.24) is 0 Å². The van der Waals surface area contributed by atoms with E-state index in [1.165, 1.54) is 54.4 Å². The number of allylic oxidation sites excluding steroid dienone is 10. The van der Waals surface area contributed by atoms with Gasteiger partial charge >= 0.3 is 0 Å². The highest BCUT2D eigenvalue weighted by Crippen LogP contribution is 2.12. The molecule has 0 rings (SSSR count). The molecule has 0 bridgehead atoms. The summed E-state index contributed by atoms with van der Waals surface area (Å²) in [6.45, 7) is 20.4. The largest absolute Gasteiger partial charge is 0.103 e. The molecule has 0 aromatic rings. The van der Waals surface area contributed by atoms with Crippen molar-refractivity contribution < 1.29 is 0 Å². The average Bonchev–Trinajstić information content (AvgIpc) is 2.64. The highest BCUT2D eigenvalue weighted by atomic mass is 14.0. The van der Waals surface area contributed by atoms with Crippen LogP contribution in [0.2, 0.25) is 0 Å². The summed E-state index contributed by atoms with van der Waals surface area (Å²) in [5.74, 6) is 0. The zero-order valence-corrected chi connectivity index (χ0v) is 18.5. The second kappa shape index (κ2) is 19.8. The zero-order chi connectivity index (χ0) is 20.2. The summed E-state index contributed by atoms with van der Waals surface area (Å²) in [6.07, 6.45) is 22.3. The van der Waals surface area contributed by atoms with Gasteiger partial charge < -0.3 is 0 Å². The fourth-order valence-corrected chi connectivity index (χ4v) is 2.21. The van der Waals surface area contributed by atoms with Crippen LogP contribution < -0.4 is 0 Å². The van der Waals surface area contributed by atoms with Crippen LogP contribution in [0.3, 0.4) is 0 Å². The summed E-state index contributed by atoms with van der Waals surface area (Å²) in [4.78, 5) is 0. The third kappa shape index (κ3) is 20.5. The van der Waals surface area contributed by atoms with Crippen molar-refractivity contribution >= 4 is 0 Å². The number of unbranched alkanes of at least 4 members (excludes halogenated alkanes) is 1. The lowest BCUT2D eigenvalue weighted by Crippen LogP contribution is -1.80. The van der Waals surface area contributed by atoms with Crippen molar-refractivity contribution in [3.05, 3.63) is 71.9 Å². The molecule has 0 N–H and O–H groups in total. The minimum atomic E-state index is 1.10. The Bertz CT molecular complexity index is 480. The molecule has 0 atom stereocenters. The van der Waals surface area contributed by atoms with Gasteiger partial charge in [0.15, 0.2) is 0 Å². The Morgan fingerprint density at radius 2 is 0.962 bits per heavy atom. The van der Waals surface area contributed by atoms with Crippen LogP contribution in [0.5, 0.6) is 0 Å². The summed E-state index contributed by atoms with van der Waals surface area (Å²) in [6, 6.07) is 0. The summed E-state index contributed by atoms with van der Waals surface area (Å²) in [5.41, 5.74) is 5.95. The lowest BCUT2D eigenvalue weighted by atomic mass is 10.1. The predicted molar refractivity (Wildman–Crippen MR) is 124 cm³/mol. The van der Waals surface area contributed by atoms with Gasteiger partial charge in [-0.15, -0.1) is 13.2 Å². The number of rotatable bonds is 12. The van der Waals surface area contributed by atoms with Gasteiger partial charge in [0.1, 0.15) is 0 Å². The fraction of sp³-hybridized carbons (Fsp3) is 0.538. The standard InChI is InChI=1S/2C13H22/c1-5-7-9-13(4)11-8-10-12(3)6-2;1-5-7-8-9-13(4)11-10-12(3)6-2/h5-6,11H,1,7-10H2,2-4H3;5-6,9H,1,7-8,10-11H2,2-4H3/b12-6-,13-11?;12-6-,13-9-. The lowest BCUT2D eigenvalue weighted by Gasteiger charge is -2.01. The molecule has 0 heteroatoms. The van der Waals surface area contributed by atoms with Crippen LogP contribution in [0.15, 0.2) is 71.9 Å². The van der Waals surface area contributed by atoms with E-state index in [1.807, 2.05) is 12.2 Å². The van der Waals surface area contributed by atoms with Gasteiger partial charge in [-0.1, -0.05) is 58.7 Å². The van der Waals surface area contributed by atoms with Gasteiger partial charge in [-0.3, -0.25) is 0 Å². The van der Waals surface area contributed by atoms with E-state index < -0.39 is 0 Å². The Morgan fingerprint density at radius 1 is 0.538 bits per heavy atom. The van der Waals surface area contributed by atoms with Crippen LogP contribution in [-0.4, -0.2) is 0 Å². The molecular weight excluding hydrogens is 312 g/mol. The van der Waals surface area contributed by atoms with Crippen LogP contribution in [0.1, 0.15) is 92.9 Å². The topological polar surface area (TPSA) is 0 Å². The van der Waals surface area contributed by atoms with Gasteiger partial charge in [-0.2, -0.15) is 0 Å². The van der Waals surface area contributed by atoms with Crippen molar-refractivity contribution in [2.45, 2.75) is 92.9 Å². The quantitative estimate of drug-likeness (QED) is 0.241. The summed E-state index contributed by atoms with van der Waals surface area (Å²) < 4.78 is 0. The Morgan fingerprint density at radius 3 is 1.50 bits per heavy atom. The van der Waals surface area contributed by atoms with E-state index in [0.29, 0.717) is 0 Å². The monoisotopic (exact) mass is 356 g/mol. The van der Waals surface area contributed by atoms with Crippen LogP contribution in [-0.2, 0) is 0 Å². The molecule has 0 saturated carbocycles. The van der Waals surface area contributed by atoms with E-state index in [0.717, 1.165) is 19.3 Å². The molecule has 0 heterocycles. The molecule has 0 amide bonds. The molecule has 0 aromatic carbocycles. The second-order valence-corrected chi connectivity index (χ2v) is 7.10. The molecule has 0 aromatic heterocycles. The molecule has 0 nitrogen and oxygen atoms in total. The summed E-state index contributed by atoms with van der Waals surface area (Å²) >= 11 is 0. The molecule has 26 heavy (non-hydrogen) atoms. The molecule has 0 spiro atoms. The van der Waals surface area contributed by atoms with E-state index in [-0.39, 0.29) is 0 Å². The third-order valence-corrected chi connectivity index (χ3v) is 4.54. The fourth-order valence-electron chi connectivity index (χ4n) is 2.21. The van der Waals surface area contributed by atoms with Gasteiger partial charge in [-0.05, 0) is 92.9 Å². The average molecular weight is 357 g/mol. The maximum Gasteiger partial charge on any atom is -0.0286 e. The molecule has 0 fully saturated rings. The van der Waals surface area contributed by atoms with Crippen molar-refractivity contribution in [3.8, 4) is 0 Å². The highest BCUT2D eigenvalue weighted by molar-refractivity contribution is 5.05. The predicted octanol–water partition coefficient (Wildman–Crippen LogP) is 9.29. The third-order valence-electron chi connectivity index (χ3n) is 4.54. The number of hydrogen-bond acceptors (Lipinski definition) is 0. The first-order valence-corrected chi connectivity index (χ1v) is 10.2. The van der Waals surface area contributed by atoms with Gasteiger partial charge in [0.05, 0.1) is 0 Å². The summed E-state index contributed by atoms with van der Waals surface area (Å²) in [7, 11) is 0. The van der Waals surface area contributed by atoms with Gasteiger partial charge in [-0.25, -0.2) is 0 Å². The van der Waals surface area contributed by atoms with E-state index in [1.54, 1.807) is 0 Å². The van der Waals surface area contributed by atoms with Crippen LogP contribution in [0.25, 0.3) is 0 Å². The molecule has 0 aliphatic heterocycles. The Labute approximate surface area is 165 Å². The van der Waals surface area contributed by atoms with Crippen molar-refractivity contribution in [2.24, 2.45) is 0 Å². The SMILES string of the molecule is C=CCC/C=C(/C)CC/C(C)=C\C.C=CCCC(C)=CCC/C(C)=C\C. The molecule has 0 unspecified atom stereocenters. The highest BCUT2D eigenvalue weighted by Gasteiger charge is 1.91. The Hall–Kier alpha value is -1.56. The molecule has 0 aliphatic carbocycles. The maximum atomic E-state index is 3.72. The van der Waals surface area contributed by atoms with Crippen LogP contribution in [0, 0.1) is 0 Å². The van der Waals surface area contributed by atoms with Gasteiger partial charge in [0.25, 0.3) is 0 Å². The molecule has 0 saturated heterocycles. The lowest BCUT2D eigenvalue weighted by molar-refractivity contribution is 0.903. The Balaban J connectivity index is 0. The first kappa shape index (κ1) is 26.7. The van der Waals surface area contributed by atoms with Crippen LogP contribution >= 0.6 is 0 Å². The van der Waals surface area contributed by atoms with Gasteiger partial charge in [0.2, 0.25) is 0 Å².